The summed E-state index contributed by atoms with van der Waals surface area (Å²) in [6.45, 7) is 8.67. The quantitative estimate of drug-likeness (QED) is 0.139. The Balaban J connectivity index is 0.000000266. The number of nitrogens with zero attached hydrogens (tertiary/aromatic N) is 6. The van der Waals surface area contributed by atoms with Gasteiger partial charge in [-0.3, -0.25) is 13.9 Å². The van der Waals surface area contributed by atoms with Gasteiger partial charge >= 0.3 is 11.7 Å². The third-order valence-corrected chi connectivity index (χ3v) is 7.90. The van der Waals surface area contributed by atoms with Gasteiger partial charge in [0, 0.05) is 44.4 Å². The summed E-state index contributed by atoms with van der Waals surface area (Å²) in [5.41, 5.74) is 5.32. The number of fused-ring (bicyclic) bond motifs is 1. The summed E-state index contributed by atoms with van der Waals surface area (Å²) in [4.78, 5) is 43.4. The van der Waals surface area contributed by atoms with Crippen LogP contribution < -0.4 is 26.8 Å². The van der Waals surface area contributed by atoms with Gasteiger partial charge < -0.3 is 31.1 Å². The molecular formula is C28H39Cl3N9O6P. The number of hydrogen-bond acceptors (Lipinski definition) is 11. The molecule has 15 nitrogen and oxygen atoms in total. The van der Waals surface area contributed by atoms with Gasteiger partial charge in [0.1, 0.15) is 24.2 Å². The molecule has 47 heavy (non-hydrogen) atoms. The molecule has 0 amide bonds. The molecule has 0 spiro atoms. The van der Waals surface area contributed by atoms with E-state index in [4.69, 9.17) is 61.7 Å². The third-order valence-electron chi connectivity index (χ3n) is 6.04. The number of aliphatic carboxylic acids is 1. The maximum Gasteiger partial charge on any atom is 0.350 e. The molecule has 0 aliphatic carbocycles. The number of aryl methyl sites for hydroxylation is 1. The first-order valence-electron chi connectivity index (χ1n) is 14.5. The van der Waals surface area contributed by atoms with Crippen molar-refractivity contribution in [2.24, 2.45) is 5.73 Å². The van der Waals surface area contributed by atoms with Crippen LogP contribution in [-0.2, 0) is 22.3 Å². The number of nitrogens with two attached hydrogens (primary N) is 1. The van der Waals surface area contributed by atoms with E-state index in [1.807, 2.05) is 20.8 Å². The van der Waals surface area contributed by atoms with Crippen molar-refractivity contribution in [1.29, 1.82) is 0 Å². The molecule has 0 saturated carbocycles. The number of anilines is 2. The summed E-state index contributed by atoms with van der Waals surface area (Å²) in [7, 11) is -3.10. The van der Waals surface area contributed by atoms with Crippen LogP contribution in [0.25, 0.3) is 5.69 Å². The van der Waals surface area contributed by atoms with Crippen LogP contribution in [0.4, 0.5) is 11.9 Å². The Morgan fingerprint density at radius 3 is 2.45 bits per heavy atom. The highest BCUT2D eigenvalue weighted by Gasteiger charge is 2.20. The lowest BCUT2D eigenvalue weighted by molar-refractivity contribution is -0.138. The third kappa shape index (κ3) is 13.3. The predicted molar refractivity (Wildman–Crippen MR) is 184 cm³/mol. The van der Waals surface area contributed by atoms with E-state index in [2.05, 4.69) is 36.6 Å². The first-order chi connectivity index (χ1) is 22.1. The Labute approximate surface area is 287 Å². The maximum atomic E-state index is 12.5. The molecule has 0 bridgehead atoms. The van der Waals surface area contributed by atoms with E-state index in [9.17, 15) is 14.2 Å². The number of hydrogen-bond donors (Lipinski definition) is 5. The van der Waals surface area contributed by atoms with E-state index >= 15 is 0 Å². The van der Waals surface area contributed by atoms with Crippen molar-refractivity contribution in [3.8, 4) is 23.8 Å². The van der Waals surface area contributed by atoms with Crippen molar-refractivity contribution in [2.75, 3.05) is 36.6 Å². The molecule has 3 heterocycles. The summed E-state index contributed by atoms with van der Waals surface area (Å²) in [5, 5.41) is 19.5. The highest BCUT2D eigenvalue weighted by molar-refractivity contribution is 7.57. The summed E-state index contributed by atoms with van der Waals surface area (Å²) in [6, 6.07) is 2.34. The van der Waals surface area contributed by atoms with E-state index in [1.54, 1.807) is 10.6 Å². The lowest BCUT2D eigenvalue weighted by Crippen LogP contribution is -2.30. The Morgan fingerprint density at radius 1 is 1.19 bits per heavy atom. The van der Waals surface area contributed by atoms with Gasteiger partial charge in [-0.2, -0.15) is 19.6 Å². The maximum absolute atomic E-state index is 12.5. The van der Waals surface area contributed by atoms with Gasteiger partial charge in [0.2, 0.25) is 17.2 Å². The molecule has 0 fully saturated rings. The van der Waals surface area contributed by atoms with E-state index in [0.717, 1.165) is 31.6 Å². The smallest absolute Gasteiger partial charge is 0.350 e. The van der Waals surface area contributed by atoms with Gasteiger partial charge in [0.05, 0.1) is 15.7 Å². The summed E-state index contributed by atoms with van der Waals surface area (Å²) in [5.74, 6) is 3.36. The molecule has 3 aromatic rings. The first kappa shape index (κ1) is 39.8. The Hall–Kier alpha value is -3.38. The van der Waals surface area contributed by atoms with Crippen LogP contribution in [0, 0.1) is 12.3 Å². The van der Waals surface area contributed by atoms with Crippen molar-refractivity contribution >= 4 is 60.0 Å². The molecule has 0 radical (unpaired) electrons. The van der Waals surface area contributed by atoms with Crippen LogP contribution in [0.5, 0.6) is 5.75 Å². The lowest BCUT2D eigenvalue weighted by Gasteiger charge is -2.09. The number of benzene rings is 1. The monoisotopic (exact) mass is 733 g/mol. The highest BCUT2D eigenvalue weighted by atomic mass is 35.5. The topological polar surface area (TPSA) is 212 Å². The number of aromatic nitrogens is 6. The molecule has 4 rings (SSSR count). The van der Waals surface area contributed by atoms with Gasteiger partial charge in [-0.25, -0.2) is 4.79 Å². The van der Waals surface area contributed by atoms with Crippen molar-refractivity contribution in [2.45, 2.75) is 65.1 Å². The minimum Gasteiger partial charge on any atom is -0.480 e. The van der Waals surface area contributed by atoms with E-state index in [-0.39, 0.29) is 36.2 Å². The van der Waals surface area contributed by atoms with Gasteiger partial charge in [-0.15, -0.1) is 11.5 Å². The minimum absolute atomic E-state index is 0.0412. The number of halogens is 3. The van der Waals surface area contributed by atoms with Crippen LogP contribution in [0.2, 0.25) is 15.3 Å². The van der Waals surface area contributed by atoms with Gasteiger partial charge in [-0.1, -0.05) is 29.1 Å². The number of nitrogens with one attached hydrogen (secondary N) is 2. The number of rotatable bonds is 11. The van der Waals surface area contributed by atoms with E-state index in [0.29, 0.717) is 39.9 Å². The minimum atomic E-state index is -3.10. The van der Waals surface area contributed by atoms with E-state index in [1.165, 1.54) is 17.4 Å². The largest absolute Gasteiger partial charge is 0.480 e. The molecule has 1 aromatic carbocycles. The van der Waals surface area contributed by atoms with Crippen molar-refractivity contribution < 1.29 is 24.1 Å². The molecule has 0 saturated heterocycles. The van der Waals surface area contributed by atoms with Crippen LogP contribution in [0.3, 0.4) is 0 Å². The number of carboxylic acid groups (broad SMARTS) is 1. The van der Waals surface area contributed by atoms with E-state index < -0.39 is 19.4 Å². The molecule has 19 heteroatoms. The number of ether oxygens (including phenoxy) is 1. The molecule has 2 atom stereocenters. The fourth-order valence-corrected chi connectivity index (χ4v) is 5.31. The molecule has 2 aromatic heterocycles. The van der Waals surface area contributed by atoms with Crippen molar-refractivity contribution in [3.05, 3.63) is 43.8 Å². The average Bonchev–Trinajstić information content (AvgIpc) is 3.31. The Morgan fingerprint density at radius 2 is 1.87 bits per heavy atom. The number of carboxylic acids is 1. The van der Waals surface area contributed by atoms with Crippen LogP contribution in [0.1, 0.15) is 45.9 Å². The molecular weight excluding hydrogens is 696 g/mol. The average molecular weight is 735 g/mol. The predicted octanol–water partition coefficient (Wildman–Crippen LogP) is 4.15. The van der Waals surface area contributed by atoms with Gasteiger partial charge in [0.25, 0.3) is 0 Å². The fraction of sp³-hybridized carbons (Fsp3) is 0.500. The molecule has 1 aliphatic heterocycles. The summed E-state index contributed by atoms with van der Waals surface area (Å²) >= 11 is 18.0. The number of carbonyl (C=O) groups is 1. The fourth-order valence-electron chi connectivity index (χ4n) is 3.88. The molecule has 258 valence electrons. The SMILES string of the molecule is C#CCOc1cc(-n2nc3n(c2=O)CCCC3)c(Cl)cc1Cl.CCNc1nc(Cl)nc(NC(C)C)n1.CP(=O)(O)CCC(N)C(=O)O. The zero-order valence-corrected chi connectivity index (χ0v) is 29.6. The van der Waals surface area contributed by atoms with Gasteiger partial charge in [0.15, 0.2) is 7.37 Å². The molecule has 2 unspecified atom stereocenters. The Kier molecular flexibility index (Phi) is 15.9. The van der Waals surface area contributed by atoms with Crippen molar-refractivity contribution in [1.82, 2.24) is 29.3 Å². The molecule has 1 aliphatic rings. The standard InChI is InChI=1S/C15H13Cl2N3O2.C8H14ClN5.C5H12NO4P/c1-2-7-22-13-9-12(10(16)8-11(13)17)20-15(21)19-6-4-3-5-14(19)18-20;1-4-10-7-12-6(9)13-8(14-7)11-5(2)3;1-11(9,10)3-2-4(6)5(7)8/h1,8-9H,3-7H2;5H,4H2,1-3H3,(H2,10,11,12,13,14);4H,2-3,6H2,1H3,(H,7,8)(H,9,10). The second-order valence-electron chi connectivity index (χ2n) is 10.5. The zero-order valence-electron chi connectivity index (χ0n) is 26.4. The first-order valence-corrected chi connectivity index (χ1v) is 17.9. The zero-order chi connectivity index (χ0) is 35.3. The normalized spacial score (nSPS) is 13.8. The van der Waals surface area contributed by atoms with Crippen LogP contribution in [-0.4, -0.2) is 83.3 Å². The highest BCUT2D eigenvalue weighted by Crippen LogP contribution is 2.36. The van der Waals surface area contributed by atoms with Crippen LogP contribution in [0.15, 0.2) is 16.9 Å². The second-order valence-corrected chi connectivity index (χ2v) is 14.2. The second kappa shape index (κ2) is 18.8. The summed E-state index contributed by atoms with van der Waals surface area (Å²) in [6.07, 6.45) is 7.97. The van der Waals surface area contributed by atoms with Crippen LogP contribution >= 0.6 is 42.2 Å². The number of terminal acetylenes is 1. The van der Waals surface area contributed by atoms with Crippen molar-refractivity contribution in [3.63, 3.8) is 0 Å². The lowest BCUT2D eigenvalue weighted by atomic mass is 10.2. The Bertz CT molecular complexity index is 1660. The summed E-state index contributed by atoms with van der Waals surface area (Å²) < 4.78 is 19.0. The van der Waals surface area contributed by atoms with Gasteiger partial charge in [-0.05, 0) is 57.7 Å². The molecule has 6 N–H and O–H groups in total.